The first-order valence-electron chi connectivity index (χ1n) is 9.91. The van der Waals surface area contributed by atoms with Gasteiger partial charge in [-0.15, -0.1) is 0 Å². The lowest BCUT2D eigenvalue weighted by atomic mass is 10.1. The van der Waals surface area contributed by atoms with Gasteiger partial charge in [0.2, 0.25) is 5.91 Å². The molecule has 3 heterocycles. The Morgan fingerprint density at radius 3 is 2.89 bits per heavy atom. The number of aryl methyl sites for hydroxylation is 1. The number of nitrogens with zero attached hydrogens (tertiary/aromatic N) is 4. The number of para-hydroxylation sites is 1. The van der Waals surface area contributed by atoms with Crippen LogP contribution in [0.4, 0.5) is 5.69 Å². The maximum absolute atomic E-state index is 13.1. The molecule has 27 heavy (non-hydrogen) atoms. The lowest BCUT2D eigenvalue weighted by Gasteiger charge is -2.31. The highest BCUT2D eigenvalue weighted by Gasteiger charge is 2.33. The first-order valence-corrected chi connectivity index (χ1v) is 9.91. The zero-order chi connectivity index (χ0) is 18.8. The molecule has 144 valence electrons. The van der Waals surface area contributed by atoms with Crippen molar-refractivity contribution < 1.29 is 4.79 Å². The van der Waals surface area contributed by atoms with Gasteiger partial charge in [-0.05, 0) is 50.4 Å². The molecule has 4 rings (SSSR count). The van der Waals surface area contributed by atoms with Gasteiger partial charge >= 0.3 is 0 Å². The van der Waals surface area contributed by atoms with E-state index in [1.54, 1.807) is 10.9 Å². The summed E-state index contributed by atoms with van der Waals surface area (Å²) in [6.45, 7) is 4.82. The molecule has 2 bridgehead atoms. The molecule has 0 radical (unpaired) electrons. The van der Waals surface area contributed by atoms with Crippen LogP contribution in [0.15, 0.2) is 36.7 Å². The van der Waals surface area contributed by atoms with E-state index in [0.717, 1.165) is 25.9 Å². The van der Waals surface area contributed by atoms with E-state index in [4.69, 9.17) is 0 Å². The van der Waals surface area contributed by atoms with E-state index in [9.17, 15) is 4.79 Å². The van der Waals surface area contributed by atoms with Gasteiger partial charge in [-0.1, -0.05) is 18.2 Å². The summed E-state index contributed by atoms with van der Waals surface area (Å²) in [5, 5.41) is 7.86. The SMILES string of the molecule is Cc1cccc2c1NCCC1CCC(CN(C(=O)Cn3cccn3)C2)N1C. The van der Waals surface area contributed by atoms with Crippen LogP contribution >= 0.6 is 0 Å². The minimum Gasteiger partial charge on any atom is -0.384 e. The maximum atomic E-state index is 13.1. The Morgan fingerprint density at radius 1 is 1.22 bits per heavy atom. The summed E-state index contributed by atoms with van der Waals surface area (Å²) in [6.07, 6.45) is 7.08. The third-order valence-electron chi connectivity index (χ3n) is 6.12. The Hall–Kier alpha value is -2.34. The molecule has 2 aliphatic rings. The Balaban J connectivity index is 1.63. The Labute approximate surface area is 161 Å². The smallest absolute Gasteiger partial charge is 0.244 e. The van der Waals surface area contributed by atoms with Gasteiger partial charge in [0.05, 0.1) is 0 Å². The lowest BCUT2D eigenvalue weighted by Crippen LogP contribution is -2.44. The monoisotopic (exact) mass is 367 g/mol. The van der Waals surface area contributed by atoms with Gasteiger partial charge in [0.25, 0.3) is 0 Å². The standard InChI is InChI=1S/C21H29N5O/c1-16-5-3-6-17-13-25(20(27)15-26-12-4-10-23-26)14-19-8-7-18(24(19)2)9-11-22-21(16)17/h3-6,10,12,18-19,22H,7-9,11,13-15H2,1-2H3. The normalized spacial score (nSPS) is 23.4. The predicted octanol–water partition coefficient (Wildman–Crippen LogP) is 2.50. The number of amides is 1. The first kappa shape index (κ1) is 18.0. The number of carbonyl (C=O) groups excluding carboxylic acids is 1. The number of aromatic nitrogens is 2. The summed E-state index contributed by atoms with van der Waals surface area (Å²) in [5.74, 6) is 0.127. The summed E-state index contributed by atoms with van der Waals surface area (Å²) < 4.78 is 1.71. The van der Waals surface area contributed by atoms with Crippen LogP contribution in [-0.4, -0.2) is 57.7 Å². The van der Waals surface area contributed by atoms with Crippen molar-refractivity contribution in [3.05, 3.63) is 47.8 Å². The molecule has 1 aromatic heterocycles. The average molecular weight is 367 g/mol. The van der Waals surface area contributed by atoms with Crippen LogP contribution in [0.2, 0.25) is 0 Å². The van der Waals surface area contributed by atoms with E-state index in [-0.39, 0.29) is 5.91 Å². The van der Waals surface area contributed by atoms with Crippen molar-refractivity contribution in [3.63, 3.8) is 0 Å². The fourth-order valence-corrected chi connectivity index (χ4v) is 4.48. The fourth-order valence-electron chi connectivity index (χ4n) is 4.48. The molecule has 0 spiro atoms. The van der Waals surface area contributed by atoms with Crippen LogP contribution < -0.4 is 5.32 Å². The van der Waals surface area contributed by atoms with E-state index in [0.29, 0.717) is 25.2 Å². The molecule has 2 atom stereocenters. The maximum Gasteiger partial charge on any atom is 0.244 e. The van der Waals surface area contributed by atoms with Gasteiger partial charge in [-0.2, -0.15) is 5.10 Å². The zero-order valence-electron chi connectivity index (χ0n) is 16.3. The minimum absolute atomic E-state index is 0.127. The minimum atomic E-state index is 0.127. The molecule has 2 aliphatic heterocycles. The number of fused-ring (bicyclic) bond motifs is 3. The number of hydrogen-bond donors (Lipinski definition) is 1. The number of nitrogens with one attached hydrogen (secondary N) is 1. The van der Waals surface area contributed by atoms with Gasteiger partial charge in [-0.25, -0.2) is 0 Å². The van der Waals surface area contributed by atoms with Crippen molar-refractivity contribution >= 4 is 11.6 Å². The first-order chi connectivity index (χ1) is 13.1. The van der Waals surface area contributed by atoms with E-state index in [2.05, 4.69) is 47.5 Å². The van der Waals surface area contributed by atoms with E-state index in [1.165, 1.54) is 23.2 Å². The molecular weight excluding hydrogens is 338 g/mol. The number of hydrogen-bond acceptors (Lipinski definition) is 4. The molecule has 1 aromatic carbocycles. The average Bonchev–Trinajstić information content (AvgIpc) is 3.26. The molecule has 1 amide bonds. The number of likely N-dealkylation sites (N-methyl/N-ethyl adjacent to an activating group) is 1. The second kappa shape index (κ2) is 7.72. The number of rotatable bonds is 2. The molecule has 2 unspecified atom stereocenters. The summed E-state index contributed by atoms with van der Waals surface area (Å²) in [4.78, 5) is 17.6. The van der Waals surface area contributed by atoms with Crippen LogP contribution in [0, 0.1) is 6.92 Å². The highest BCUT2D eigenvalue weighted by Crippen LogP contribution is 2.29. The molecule has 1 N–H and O–H groups in total. The van der Waals surface area contributed by atoms with Gasteiger partial charge in [0.15, 0.2) is 0 Å². The van der Waals surface area contributed by atoms with E-state index < -0.39 is 0 Å². The van der Waals surface area contributed by atoms with Gasteiger partial charge in [0.1, 0.15) is 6.54 Å². The second-order valence-corrected chi connectivity index (χ2v) is 7.85. The van der Waals surface area contributed by atoms with E-state index in [1.807, 2.05) is 17.2 Å². The number of carbonyl (C=O) groups is 1. The van der Waals surface area contributed by atoms with Crippen molar-refractivity contribution in [1.82, 2.24) is 19.6 Å². The summed E-state index contributed by atoms with van der Waals surface area (Å²) in [6, 6.07) is 9.25. The van der Waals surface area contributed by atoms with Gasteiger partial charge < -0.3 is 10.2 Å². The molecule has 2 aromatic rings. The topological polar surface area (TPSA) is 53.4 Å². The summed E-state index contributed by atoms with van der Waals surface area (Å²) in [7, 11) is 2.22. The van der Waals surface area contributed by atoms with Crippen LogP contribution in [0.3, 0.4) is 0 Å². The quantitative estimate of drug-likeness (QED) is 0.886. The van der Waals surface area contributed by atoms with Crippen molar-refractivity contribution in [3.8, 4) is 0 Å². The van der Waals surface area contributed by atoms with Crippen molar-refractivity contribution in [2.45, 2.75) is 51.4 Å². The van der Waals surface area contributed by atoms with Crippen molar-refractivity contribution in [1.29, 1.82) is 0 Å². The van der Waals surface area contributed by atoms with Crippen LogP contribution in [0.5, 0.6) is 0 Å². The number of anilines is 1. The Kier molecular flexibility index (Phi) is 5.16. The highest BCUT2D eigenvalue weighted by molar-refractivity contribution is 5.76. The molecule has 1 fully saturated rings. The van der Waals surface area contributed by atoms with Gasteiger partial charge in [-0.3, -0.25) is 14.4 Å². The Morgan fingerprint density at radius 2 is 2.07 bits per heavy atom. The molecule has 0 saturated carbocycles. The molecule has 6 heteroatoms. The van der Waals surface area contributed by atoms with E-state index >= 15 is 0 Å². The zero-order valence-corrected chi connectivity index (χ0v) is 16.3. The van der Waals surface area contributed by atoms with Gasteiger partial charge in [0, 0.05) is 49.8 Å². The van der Waals surface area contributed by atoms with Crippen molar-refractivity contribution in [2.75, 3.05) is 25.5 Å². The lowest BCUT2D eigenvalue weighted by molar-refractivity contribution is -0.133. The van der Waals surface area contributed by atoms with Crippen LogP contribution in [0.1, 0.15) is 30.4 Å². The molecular formula is C21H29N5O. The van der Waals surface area contributed by atoms with Crippen LogP contribution in [-0.2, 0) is 17.9 Å². The summed E-state index contributed by atoms with van der Waals surface area (Å²) >= 11 is 0. The molecule has 0 aliphatic carbocycles. The largest absolute Gasteiger partial charge is 0.384 e. The van der Waals surface area contributed by atoms with Crippen molar-refractivity contribution in [2.24, 2.45) is 0 Å². The molecule has 6 nitrogen and oxygen atoms in total. The third-order valence-corrected chi connectivity index (χ3v) is 6.12. The third kappa shape index (κ3) is 3.86. The fraction of sp³-hybridized carbons (Fsp3) is 0.524. The second-order valence-electron chi connectivity index (χ2n) is 7.85. The van der Waals surface area contributed by atoms with Crippen LogP contribution in [0.25, 0.3) is 0 Å². The molecule has 1 saturated heterocycles. The predicted molar refractivity (Wildman–Crippen MR) is 107 cm³/mol. The Bertz CT molecular complexity index is 788. The summed E-state index contributed by atoms with van der Waals surface area (Å²) in [5.41, 5.74) is 3.63. The highest BCUT2D eigenvalue weighted by atomic mass is 16.2. The number of benzene rings is 1.